The van der Waals surface area contributed by atoms with E-state index in [0.717, 1.165) is 0 Å². The van der Waals surface area contributed by atoms with Gasteiger partial charge in [-0.1, -0.05) is 0 Å². The molecule has 2 aliphatic heterocycles. The summed E-state index contributed by atoms with van der Waals surface area (Å²) >= 11 is 0. The first-order chi connectivity index (χ1) is 12.0. The minimum absolute atomic E-state index is 0.348. The van der Waals surface area contributed by atoms with Crippen LogP contribution in [0.25, 0.3) is 0 Å². The van der Waals surface area contributed by atoms with Gasteiger partial charge in [-0.2, -0.15) is 0 Å². The van der Waals surface area contributed by atoms with E-state index in [-0.39, 0.29) is 6.42 Å². The molecule has 0 saturated carbocycles. The molecule has 0 radical (unpaired) electrons. The predicted molar refractivity (Wildman–Crippen MR) is 100 cm³/mol. The minimum atomic E-state index is -4.64. The summed E-state index contributed by atoms with van der Waals surface area (Å²) in [4.78, 5) is 25.0. The van der Waals surface area contributed by atoms with Crippen LogP contribution < -0.4 is 0 Å². The summed E-state index contributed by atoms with van der Waals surface area (Å²) in [5.74, 6) is -1.33. The van der Waals surface area contributed by atoms with Crippen LogP contribution in [-0.2, 0) is 37.2 Å². The summed E-state index contributed by atoms with van der Waals surface area (Å²) in [6, 6.07) is 0. The van der Waals surface area contributed by atoms with Crippen LogP contribution in [0.4, 0.5) is 0 Å². The maximum atomic E-state index is 12.8. The fourth-order valence-electron chi connectivity index (χ4n) is 3.23. The standard InChI is InChI=1S/C18H33O8P/c1-15(2)16(3,4)24-27(23-15,25-17(5,6)18(7,8)26-27)12(14(20)22-10)11-13(19)21-9/h12H,11H2,1-10H3. The number of ether oxygens (including phenoxy) is 2. The molecule has 0 amide bonds. The SMILES string of the molecule is COC(=O)CC(C(=O)OC)P12(OC(C)(C)C(C)(C)O1)OC(C)(C)C(C)(C)O2. The van der Waals surface area contributed by atoms with Crippen molar-refractivity contribution >= 4 is 19.4 Å². The maximum absolute atomic E-state index is 12.8. The monoisotopic (exact) mass is 408 g/mol. The molecule has 0 aliphatic carbocycles. The van der Waals surface area contributed by atoms with E-state index in [0.29, 0.717) is 0 Å². The van der Waals surface area contributed by atoms with E-state index in [1.165, 1.54) is 14.2 Å². The number of hydrogen-bond acceptors (Lipinski definition) is 8. The Balaban J connectivity index is 2.76. The molecule has 2 saturated heterocycles. The molecule has 1 atom stereocenters. The van der Waals surface area contributed by atoms with E-state index in [4.69, 9.17) is 27.6 Å². The van der Waals surface area contributed by atoms with Crippen molar-refractivity contribution in [3.05, 3.63) is 0 Å². The molecule has 2 fully saturated rings. The average Bonchev–Trinajstić information content (AvgIpc) is 2.74. The van der Waals surface area contributed by atoms with Gasteiger partial charge in [-0.3, -0.25) is 0 Å². The first-order valence-corrected chi connectivity index (χ1v) is 11.0. The Morgan fingerprint density at radius 2 is 1.07 bits per heavy atom. The van der Waals surface area contributed by atoms with Crippen molar-refractivity contribution in [2.24, 2.45) is 0 Å². The van der Waals surface area contributed by atoms with Crippen LogP contribution in [0, 0.1) is 0 Å². The van der Waals surface area contributed by atoms with Crippen LogP contribution >= 0.6 is 7.51 Å². The Morgan fingerprint density at radius 3 is 1.33 bits per heavy atom. The van der Waals surface area contributed by atoms with Gasteiger partial charge in [-0.15, -0.1) is 0 Å². The van der Waals surface area contributed by atoms with E-state index in [1.54, 1.807) is 0 Å². The van der Waals surface area contributed by atoms with Gasteiger partial charge in [0.1, 0.15) is 0 Å². The fourth-order valence-corrected chi connectivity index (χ4v) is 9.03. The molecule has 0 aromatic rings. The third kappa shape index (κ3) is 3.19. The molecule has 2 aliphatic rings. The van der Waals surface area contributed by atoms with Crippen LogP contribution in [0.5, 0.6) is 0 Å². The molecule has 9 heteroatoms. The zero-order valence-electron chi connectivity index (χ0n) is 18.0. The van der Waals surface area contributed by atoms with Crippen molar-refractivity contribution < 1.29 is 37.2 Å². The first-order valence-electron chi connectivity index (χ1n) is 8.99. The Kier molecular flexibility index (Phi) is 5.08. The summed E-state index contributed by atoms with van der Waals surface area (Å²) in [5, 5.41) is 0. The molecular formula is C18H33O8P. The van der Waals surface area contributed by atoms with Crippen LogP contribution in [0.15, 0.2) is 0 Å². The third-order valence-electron chi connectivity index (χ3n) is 6.04. The molecule has 1 spiro atoms. The quantitative estimate of drug-likeness (QED) is 0.516. The van der Waals surface area contributed by atoms with Crippen LogP contribution in [-0.4, -0.2) is 54.2 Å². The molecule has 27 heavy (non-hydrogen) atoms. The van der Waals surface area contributed by atoms with Crippen molar-refractivity contribution in [1.82, 2.24) is 0 Å². The summed E-state index contributed by atoms with van der Waals surface area (Å²) in [6.07, 6.45) is -0.348. The normalized spacial score (nSPS) is 30.8. The molecule has 1 unspecified atom stereocenters. The second kappa shape index (κ2) is 6.10. The fraction of sp³-hybridized carbons (Fsp3) is 0.889. The predicted octanol–water partition coefficient (Wildman–Crippen LogP) is 3.51. The molecule has 0 aromatic heterocycles. The Hall–Kier alpha value is -0.790. The van der Waals surface area contributed by atoms with Crippen LogP contribution in [0.1, 0.15) is 61.8 Å². The topological polar surface area (TPSA) is 89.5 Å². The van der Waals surface area contributed by atoms with Gasteiger partial charge in [-0.25, -0.2) is 0 Å². The van der Waals surface area contributed by atoms with Crippen LogP contribution in [0.3, 0.4) is 0 Å². The molecule has 0 N–H and O–H groups in total. The zero-order valence-corrected chi connectivity index (χ0v) is 18.9. The number of carbonyl (C=O) groups excluding carboxylic acids is 2. The van der Waals surface area contributed by atoms with Gasteiger partial charge in [0.25, 0.3) is 0 Å². The van der Waals surface area contributed by atoms with E-state index in [9.17, 15) is 9.59 Å². The van der Waals surface area contributed by atoms with Gasteiger partial charge >= 0.3 is 161 Å². The molecule has 2 heterocycles. The van der Waals surface area contributed by atoms with Gasteiger partial charge in [0, 0.05) is 0 Å². The van der Waals surface area contributed by atoms with Gasteiger partial charge in [0.05, 0.1) is 0 Å². The van der Waals surface area contributed by atoms with Crippen molar-refractivity contribution in [3.8, 4) is 0 Å². The Labute approximate surface area is 161 Å². The summed E-state index contributed by atoms with van der Waals surface area (Å²) in [5.41, 5.74) is -4.67. The molecule has 2 rings (SSSR count). The average molecular weight is 408 g/mol. The summed E-state index contributed by atoms with van der Waals surface area (Å²) in [7, 11) is -2.16. The van der Waals surface area contributed by atoms with E-state index in [1.807, 2.05) is 55.4 Å². The van der Waals surface area contributed by atoms with Gasteiger partial charge in [-0.05, 0) is 0 Å². The molecule has 0 aromatic carbocycles. The molecular weight excluding hydrogens is 375 g/mol. The second-order valence-corrected chi connectivity index (χ2v) is 12.2. The van der Waals surface area contributed by atoms with Crippen molar-refractivity contribution in [2.45, 2.75) is 89.9 Å². The molecule has 8 nitrogen and oxygen atoms in total. The van der Waals surface area contributed by atoms with Gasteiger partial charge in [0.2, 0.25) is 0 Å². The summed E-state index contributed by atoms with van der Waals surface area (Å²) in [6.45, 7) is 14.7. The first kappa shape index (κ1) is 22.5. The number of methoxy groups -OCH3 is 2. The number of hydrogen-bond donors (Lipinski definition) is 0. The third-order valence-corrected chi connectivity index (χ3v) is 10.6. The van der Waals surface area contributed by atoms with E-state index >= 15 is 0 Å². The van der Waals surface area contributed by atoms with E-state index in [2.05, 4.69) is 0 Å². The number of carbonyl (C=O) groups is 2. The second-order valence-electron chi connectivity index (χ2n) is 9.09. The van der Waals surface area contributed by atoms with E-state index < -0.39 is 47.5 Å². The van der Waals surface area contributed by atoms with Gasteiger partial charge < -0.3 is 0 Å². The molecule has 158 valence electrons. The zero-order chi connectivity index (χ0) is 21.1. The van der Waals surface area contributed by atoms with Crippen molar-refractivity contribution in [2.75, 3.05) is 14.2 Å². The number of rotatable bonds is 4. The number of esters is 2. The summed E-state index contributed by atoms with van der Waals surface area (Å²) < 4.78 is 35.6. The van der Waals surface area contributed by atoms with Crippen molar-refractivity contribution in [3.63, 3.8) is 0 Å². The Morgan fingerprint density at radius 1 is 0.741 bits per heavy atom. The molecule has 0 bridgehead atoms. The van der Waals surface area contributed by atoms with Crippen molar-refractivity contribution in [1.29, 1.82) is 0 Å². The Bertz CT molecular complexity index is 576. The van der Waals surface area contributed by atoms with Gasteiger partial charge in [0.15, 0.2) is 0 Å². The van der Waals surface area contributed by atoms with Crippen LogP contribution in [0.2, 0.25) is 0 Å².